The lowest BCUT2D eigenvalue weighted by atomic mass is 9.92. The molecule has 162 valence electrons. The normalized spacial score (nSPS) is 13.2. The van der Waals surface area contributed by atoms with Gasteiger partial charge < -0.3 is 20.1 Å². The molecule has 0 radical (unpaired) electrons. The van der Waals surface area contributed by atoms with E-state index in [0.29, 0.717) is 39.6 Å². The van der Waals surface area contributed by atoms with Crippen LogP contribution in [-0.4, -0.2) is 45.3 Å². The molecule has 3 aromatic carbocycles. The molecular weight excluding hydrogens is 406 g/mol. The highest BCUT2D eigenvalue weighted by Crippen LogP contribution is 2.48. The van der Waals surface area contributed by atoms with Crippen molar-refractivity contribution in [2.45, 2.75) is 0 Å². The van der Waals surface area contributed by atoms with Gasteiger partial charge in [0.1, 0.15) is 6.54 Å². The zero-order chi connectivity index (χ0) is 22.8. The van der Waals surface area contributed by atoms with Crippen molar-refractivity contribution in [3.63, 3.8) is 0 Å². The van der Waals surface area contributed by atoms with Gasteiger partial charge in [-0.25, -0.2) is 0 Å². The van der Waals surface area contributed by atoms with Crippen LogP contribution in [0.2, 0.25) is 0 Å². The maximum absolute atomic E-state index is 12.9. The molecule has 4 rings (SSSR count). The molecule has 0 fully saturated rings. The van der Waals surface area contributed by atoms with Gasteiger partial charge in [-0.1, -0.05) is 42.5 Å². The smallest absolute Gasteiger partial charge is 0.248 e. The van der Waals surface area contributed by atoms with Gasteiger partial charge in [0.05, 0.1) is 31.2 Å². The molecule has 0 atom stereocenters. The Balaban J connectivity index is 2.09. The van der Waals surface area contributed by atoms with Crippen molar-refractivity contribution in [3.8, 4) is 22.6 Å². The number of aliphatic imine (C=N–C) groups is 1. The zero-order valence-electron chi connectivity index (χ0n) is 18.1. The number of nitrogens with two attached hydrogens (primary N) is 1. The van der Waals surface area contributed by atoms with Crippen molar-refractivity contribution < 1.29 is 19.1 Å². The third kappa shape index (κ3) is 3.58. The summed E-state index contributed by atoms with van der Waals surface area (Å²) in [7, 11) is 4.85. The third-order valence-electron chi connectivity index (χ3n) is 5.46. The van der Waals surface area contributed by atoms with Gasteiger partial charge in [-0.3, -0.25) is 14.6 Å². The van der Waals surface area contributed by atoms with Crippen LogP contribution in [0.3, 0.4) is 0 Å². The molecule has 0 saturated heterocycles. The number of hydrogen-bond donors (Lipinski definition) is 1. The van der Waals surface area contributed by atoms with Gasteiger partial charge in [0.15, 0.2) is 11.5 Å². The van der Waals surface area contributed by atoms with Gasteiger partial charge in [0.25, 0.3) is 0 Å². The maximum Gasteiger partial charge on any atom is 0.248 e. The average molecular weight is 429 g/mol. The van der Waals surface area contributed by atoms with E-state index in [2.05, 4.69) is 4.99 Å². The lowest BCUT2D eigenvalue weighted by molar-refractivity contribution is -0.116. The highest BCUT2D eigenvalue weighted by molar-refractivity contribution is 6.22. The van der Waals surface area contributed by atoms with Gasteiger partial charge in [-0.2, -0.15) is 0 Å². The second-order valence-corrected chi connectivity index (χ2v) is 7.31. The number of carbonyl (C=O) groups is 2. The van der Waals surface area contributed by atoms with E-state index < -0.39 is 5.91 Å². The number of methoxy groups -OCH3 is 2. The van der Waals surface area contributed by atoms with E-state index in [1.54, 1.807) is 44.4 Å². The number of nitrogens with zero attached hydrogens (tertiary/aromatic N) is 2. The van der Waals surface area contributed by atoms with E-state index in [4.69, 9.17) is 15.2 Å². The van der Waals surface area contributed by atoms with Crippen molar-refractivity contribution in [2.75, 3.05) is 32.7 Å². The first-order valence-electron chi connectivity index (χ1n) is 10.0. The fourth-order valence-corrected chi connectivity index (χ4v) is 3.92. The molecule has 0 bridgehead atoms. The molecule has 2 N–H and O–H groups in total. The monoisotopic (exact) mass is 429 g/mol. The lowest BCUT2D eigenvalue weighted by Crippen LogP contribution is -2.28. The largest absolute Gasteiger partial charge is 0.493 e. The SMILES string of the molecule is COc1cc2c(c(-c3ccccc3)c1OC)N(C)C(=O)CN=C2c1cccc(C(N)=O)c1. The number of anilines is 1. The number of ether oxygens (including phenoxy) is 2. The molecule has 0 saturated carbocycles. The summed E-state index contributed by atoms with van der Waals surface area (Å²) in [5.41, 5.74) is 10.0. The number of carbonyl (C=O) groups excluding carboxylic acids is 2. The van der Waals surface area contributed by atoms with Gasteiger partial charge in [0, 0.05) is 23.7 Å². The average Bonchev–Trinajstić information content (AvgIpc) is 2.94. The minimum Gasteiger partial charge on any atom is -0.493 e. The van der Waals surface area contributed by atoms with Crippen LogP contribution in [0.15, 0.2) is 65.7 Å². The highest BCUT2D eigenvalue weighted by atomic mass is 16.5. The molecular formula is C25H23N3O4. The summed E-state index contributed by atoms with van der Waals surface area (Å²) < 4.78 is 11.4. The summed E-state index contributed by atoms with van der Waals surface area (Å²) in [6, 6.07) is 18.4. The number of benzene rings is 3. The molecule has 0 spiro atoms. The van der Waals surface area contributed by atoms with Crippen LogP contribution < -0.4 is 20.1 Å². The van der Waals surface area contributed by atoms with E-state index in [1.165, 1.54) is 0 Å². The molecule has 0 unspecified atom stereocenters. The Morgan fingerprint density at radius 2 is 1.72 bits per heavy atom. The fraction of sp³-hybridized carbons (Fsp3) is 0.160. The number of benzodiazepines with no additional fused rings is 1. The molecule has 3 aromatic rings. The number of hydrogen-bond acceptors (Lipinski definition) is 5. The lowest BCUT2D eigenvalue weighted by Gasteiger charge is -2.25. The standard InChI is InChI=1S/C25H23N3O4/c1-28-20(29)14-27-22(16-10-7-11-17(12-16)25(26)30)18-13-19(31-2)24(32-3)21(23(18)28)15-8-5-4-6-9-15/h4-13H,14H2,1-3H3,(H2,26,30). The van der Waals surface area contributed by atoms with Gasteiger partial charge in [-0.05, 0) is 23.8 Å². The van der Waals surface area contributed by atoms with Crippen molar-refractivity contribution >= 4 is 23.2 Å². The Kier molecular flexibility index (Phi) is 5.64. The fourth-order valence-electron chi connectivity index (χ4n) is 3.92. The Hall–Kier alpha value is -4.13. The summed E-state index contributed by atoms with van der Waals surface area (Å²) in [6.07, 6.45) is 0. The zero-order valence-corrected chi connectivity index (χ0v) is 18.1. The first-order valence-corrected chi connectivity index (χ1v) is 10.0. The number of primary amides is 1. The molecule has 7 nitrogen and oxygen atoms in total. The van der Waals surface area contributed by atoms with E-state index in [1.807, 2.05) is 42.5 Å². The second kappa shape index (κ2) is 8.55. The molecule has 32 heavy (non-hydrogen) atoms. The Labute approximate surface area is 186 Å². The van der Waals surface area contributed by atoms with Crippen molar-refractivity contribution in [2.24, 2.45) is 10.7 Å². The summed E-state index contributed by atoms with van der Waals surface area (Å²) in [6.45, 7) is -0.0415. The number of rotatable bonds is 5. The topological polar surface area (TPSA) is 94.2 Å². The van der Waals surface area contributed by atoms with Crippen LogP contribution >= 0.6 is 0 Å². The van der Waals surface area contributed by atoms with Gasteiger partial charge >= 0.3 is 0 Å². The quantitative estimate of drug-likeness (QED) is 0.673. The van der Waals surface area contributed by atoms with E-state index >= 15 is 0 Å². The molecule has 0 aliphatic carbocycles. The summed E-state index contributed by atoms with van der Waals surface area (Å²) in [5, 5.41) is 0. The highest BCUT2D eigenvalue weighted by Gasteiger charge is 2.30. The van der Waals surface area contributed by atoms with Crippen molar-refractivity contribution in [3.05, 3.63) is 77.4 Å². The Morgan fingerprint density at radius 1 is 1.00 bits per heavy atom. The first kappa shape index (κ1) is 21.1. The van der Waals surface area contributed by atoms with Crippen LogP contribution in [0.4, 0.5) is 5.69 Å². The summed E-state index contributed by atoms with van der Waals surface area (Å²) in [5.74, 6) is 0.319. The Morgan fingerprint density at radius 3 is 2.38 bits per heavy atom. The predicted molar refractivity (Wildman–Crippen MR) is 124 cm³/mol. The third-order valence-corrected chi connectivity index (χ3v) is 5.46. The van der Waals surface area contributed by atoms with Crippen LogP contribution in [-0.2, 0) is 4.79 Å². The van der Waals surface area contributed by atoms with Crippen molar-refractivity contribution in [1.82, 2.24) is 0 Å². The first-order chi connectivity index (χ1) is 15.5. The number of likely N-dealkylation sites (N-methyl/N-ethyl adjacent to an activating group) is 1. The minimum absolute atomic E-state index is 0.0415. The number of fused-ring (bicyclic) bond motifs is 1. The molecule has 2 amide bonds. The molecule has 1 heterocycles. The molecule has 1 aliphatic heterocycles. The molecule has 7 heteroatoms. The van der Waals surface area contributed by atoms with Gasteiger partial charge in [-0.15, -0.1) is 0 Å². The van der Waals surface area contributed by atoms with Crippen LogP contribution in [0, 0.1) is 0 Å². The van der Waals surface area contributed by atoms with Crippen LogP contribution in [0.1, 0.15) is 21.5 Å². The Bertz CT molecular complexity index is 1240. The van der Waals surface area contributed by atoms with E-state index in [-0.39, 0.29) is 12.5 Å². The summed E-state index contributed by atoms with van der Waals surface area (Å²) in [4.78, 5) is 30.9. The molecule has 1 aliphatic rings. The second-order valence-electron chi connectivity index (χ2n) is 7.31. The van der Waals surface area contributed by atoms with Gasteiger partial charge in [0.2, 0.25) is 11.8 Å². The van der Waals surface area contributed by atoms with Crippen molar-refractivity contribution in [1.29, 1.82) is 0 Å². The van der Waals surface area contributed by atoms with Crippen LogP contribution in [0.5, 0.6) is 11.5 Å². The maximum atomic E-state index is 12.9. The molecule has 0 aromatic heterocycles. The number of amides is 2. The summed E-state index contributed by atoms with van der Waals surface area (Å²) >= 11 is 0. The predicted octanol–water partition coefficient (Wildman–Crippen LogP) is 3.28. The van der Waals surface area contributed by atoms with E-state index in [0.717, 1.165) is 11.1 Å². The van der Waals surface area contributed by atoms with E-state index in [9.17, 15) is 9.59 Å². The minimum atomic E-state index is -0.535. The van der Waals surface area contributed by atoms with Crippen LogP contribution in [0.25, 0.3) is 11.1 Å².